The molecular formula is C16H12N2. The van der Waals surface area contributed by atoms with E-state index in [1.54, 1.807) is 0 Å². The molecule has 0 radical (unpaired) electrons. The first-order chi connectivity index (χ1) is 8.83. The fourth-order valence-electron chi connectivity index (χ4n) is 2.60. The normalized spacial score (nSPS) is 11.6. The van der Waals surface area contributed by atoms with E-state index < -0.39 is 0 Å². The quantitative estimate of drug-likeness (QED) is 0.484. The molecule has 4 aromatic rings. The molecule has 0 atom stereocenters. The van der Waals surface area contributed by atoms with Crippen molar-refractivity contribution < 1.29 is 0 Å². The molecule has 0 saturated heterocycles. The van der Waals surface area contributed by atoms with Crippen molar-refractivity contribution in [2.75, 3.05) is 0 Å². The maximum atomic E-state index is 4.54. The summed E-state index contributed by atoms with van der Waals surface area (Å²) in [4.78, 5) is 8.05. The predicted octanol–water partition coefficient (Wildman–Crippen LogP) is 4.18. The molecule has 2 heterocycles. The third-order valence-electron chi connectivity index (χ3n) is 3.50. The summed E-state index contributed by atoms with van der Waals surface area (Å²) in [6.45, 7) is 2.12. The lowest BCUT2D eigenvalue weighted by Gasteiger charge is -1.97. The highest BCUT2D eigenvalue weighted by Crippen LogP contribution is 2.30. The zero-order chi connectivity index (χ0) is 12.1. The summed E-state index contributed by atoms with van der Waals surface area (Å²) in [6.07, 6.45) is 1.97. The summed E-state index contributed by atoms with van der Waals surface area (Å²) in [5.41, 5.74) is 4.67. The summed E-state index contributed by atoms with van der Waals surface area (Å²) in [5.74, 6) is 0. The van der Waals surface area contributed by atoms with E-state index in [4.69, 9.17) is 0 Å². The molecule has 0 unspecified atom stereocenters. The summed E-state index contributed by atoms with van der Waals surface area (Å²) < 4.78 is 0. The van der Waals surface area contributed by atoms with E-state index in [0.29, 0.717) is 0 Å². The summed E-state index contributed by atoms with van der Waals surface area (Å²) in [6, 6.07) is 14.7. The molecule has 2 nitrogen and oxygen atoms in total. The van der Waals surface area contributed by atoms with Crippen LogP contribution >= 0.6 is 0 Å². The molecule has 0 bridgehead atoms. The van der Waals surface area contributed by atoms with Gasteiger partial charge in [0.05, 0.1) is 11.0 Å². The fraction of sp³-hybridized carbons (Fsp3) is 0.0625. The number of H-pyrrole nitrogens is 1. The zero-order valence-electron chi connectivity index (χ0n) is 10.1. The second kappa shape index (κ2) is 3.33. The highest BCUT2D eigenvalue weighted by molar-refractivity contribution is 6.15. The van der Waals surface area contributed by atoms with Gasteiger partial charge in [-0.25, -0.2) is 0 Å². The van der Waals surface area contributed by atoms with Crippen molar-refractivity contribution in [2.24, 2.45) is 0 Å². The zero-order valence-corrected chi connectivity index (χ0v) is 10.1. The number of fused-ring (bicyclic) bond motifs is 5. The van der Waals surface area contributed by atoms with Gasteiger partial charge in [0.15, 0.2) is 0 Å². The lowest BCUT2D eigenvalue weighted by Crippen LogP contribution is -1.79. The van der Waals surface area contributed by atoms with Gasteiger partial charge in [-0.15, -0.1) is 0 Å². The molecular weight excluding hydrogens is 220 g/mol. The van der Waals surface area contributed by atoms with Crippen molar-refractivity contribution in [3.05, 3.63) is 54.2 Å². The minimum Gasteiger partial charge on any atom is -0.354 e. The molecule has 0 amide bonds. The molecule has 2 aromatic carbocycles. The van der Waals surface area contributed by atoms with Gasteiger partial charge in [0.1, 0.15) is 0 Å². The molecule has 0 aliphatic rings. The van der Waals surface area contributed by atoms with Crippen LogP contribution in [0.1, 0.15) is 5.56 Å². The number of nitrogens with one attached hydrogen (secondary N) is 1. The molecule has 2 heteroatoms. The number of rotatable bonds is 0. The highest BCUT2D eigenvalue weighted by Gasteiger charge is 2.07. The van der Waals surface area contributed by atoms with Crippen LogP contribution in [0.15, 0.2) is 48.7 Å². The Kier molecular flexibility index (Phi) is 1.78. The molecule has 0 aliphatic carbocycles. The first-order valence-electron chi connectivity index (χ1n) is 6.09. The average Bonchev–Trinajstić information content (AvgIpc) is 2.77. The monoisotopic (exact) mass is 232 g/mol. The number of benzene rings is 2. The van der Waals surface area contributed by atoms with Gasteiger partial charge < -0.3 is 4.98 Å². The Morgan fingerprint density at radius 3 is 2.78 bits per heavy atom. The van der Waals surface area contributed by atoms with E-state index in [2.05, 4.69) is 47.2 Å². The van der Waals surface area contributed by atoms with Gasteiger partial charge in [-0.2, -0.15) is 0 Å². The summed E-state index contributed by atoms with van der Waals surface area (Å²) >= 11 is 0. The average molecular weight is 232 g/mol. The largest absolute Gasteiger partial charge is 0.354 e. The van der Waals surface area contributed by atoms with Crippen LogP contribution in [0.2, 0.25) is 0 Å². The second-order valence-corrected chi connectivity index (χ2v) is 4.74. The lowest BCUT2D eigenvalue weighted by molar-refractivity contribution is 1.44. The van der Waals surface area contributed by atoms with Crippen molar-refractivity contribution in [1.82, 2.24) is 9.97 Å². The minimum atomic E-state index is 1.04. The van der Waals surface area contributed by atoms with Crippen molar-refractivity contribution >= 4 is 32.7 Å². The highest BCUT2D eigenvalue weighted by atomic mass is 14.7. The lowest BCUT2D eigenvalue weighted by atomic mass is 10.1. The molecule has 2 aromatic heterocycles. The first kappa shape index (κ1) is 9.66. The van der Waals surface area contributed by atoms with Crippen molar-refractivity contribution in [3.63, 3.8) is 0 Å². The van der Waals surface area contributed by atoms with Crippen LogP contribution in [0, 0.1) is 6.92 Å². The topological polar surface area (TPSA) is 28.7 Å². The Morgan fingerprint density at radius 1 is 0.944 bits per heavy atom. The number of aromatic nitrogens is 2. The van der Waals surface area contributed by atoms with Crippen molar-refractivity contribution in [2.45, 2.75) is 6.92 Å². The number of nitrogens with zero attached hydrogens (tertiary/aromatic N) is 1. The van der Waals surface area contributed by atoms with Crippen LogP contribution in [-0.2, 0) is 0 Å². The van der Waals surface area contributed by atoms with E-state index in [-0.39, 0.29) is 0 Å². The van der Waals surface area contributed by atoms with Crippen LogP contribution in [0.4, 0.5) is 0 Å². The number of hydrogen-bond donors (Lipinski definition) is 1. The third kappa shape index (κ3) is 1.20. The number of aromatic amines is 1. The van der Waals surface area contributed by atoms with Gasteiger partial charge in [-0.05, 0) is 25.1 Å². The smallest absolute Gasteiger partial charge is 0.0723 e. The van der Waals surface area contributed by atoms with Crippen LogP contribution in [0.5, 0.6) is 0 Å². The Bertz CT molecular complexity index is 887. The molecule has 4 rings (SSSR count). The van der Waals surface area contributed by atoms with Gasteiger partial charge in [0.2, 0.25) is 0 Å². The van der Waals surface area contributed by atoms with Gasteiger partial charge in [0.25, 0.3) is 0 Å². The van der Waals surface area contributed by atoms with Gasteiger partial charge in [0, 0.05) is 27.9 Å². The van der Waals surface area contributed by atoms with Crippen LogP contribution in [-0.4, -0.2) is 9.97 Å². The second-order valence-electron chi connectivity index (χ2n) is 4.74. The van der Waals surface area contributed by atoms with E-state index in [9.17, 15) is 0 Å². The molecule has 0 aliphatic heterocycles. The van der Waals surface area contributed by atoms with Gasteiger partial charge in [-0.3, -0.25) is 4.98 Å². The Balaban J connectivity index is 2.30. The first-order valence-corrected chi connectivity index (χ1v) is 6.09. The Morgan fingerprint density at radius 2 is 1.83 bits per heavy atom. The standard InChI is InChI=1S/C16H12N2/c1-10-6-7-15-12(8-10)13-9-17-14-5-3-2-4-11(14)16(13)18-15/h2-9,18H,1H3. The summed E-state index contributed by atoms with van der Waals surface area (Å²) in [5, 5.41) is 3.64. The van der Waals surface area contributed by atoms with Crippen LogP contribution in [0.3, 0.4) is 0 Å². The number of hydrogen-bond acceptors (Lipinski definition) is 1. The van der Waals surface area contributed by atoms with E-state index in [1.807, 2.05) is 18.3 Å². The van der Waals surface area contributed by atoms with Crippen LogP contribution < -0.4 is 0 Å². The fourth-order valence-corrected chi connectivity index (χ4v) is 2.60. The predicted molar refractivity (Wildman–Crippen MR) is 75.8 cm³/mol. The number of para-hydroxylation sites is 1. The van der Waals surface area contributed by atoms with Crippen molar-refractivity contribution in [3.8, 4) is 0 Å². The maximum absolute atomic E-state index is 4.54. The maximum Gasteiger partial charge on any atom is 0.0723 e. The number of aryl methyl sites for hydroxylation is 1. The SMILES string of the molecule is Cc1ccc2[nH]c3c4ccccc4ncc3c2c1. The molecule has 18 heavy (non-hydrogen) atoms. The van der Waals surface area contributed by atoms with Gasteiger partial charge in [-0.1, -0.05) is 29.8 Å². The minimum absolute atomic E-state index is 1.04. The van der Waals surface area contributed by atoms with Gasteiger partial charge >= 0.3 is 0 Å². The van der Waals surface area contributed by atoms with E-state index >= 15 is 0 Å². The molecule has 0 spiro atoms. The summed E-state index contributed by atoms with van der Waals surface area (Å²) in [7, 11) is 0. The van der Waals surface area contributed by atoms with E-state index in [1.165, 1.54) is 32.8 Å². The molecule has 86 valence electrons. The Labute approximate surface area is 104 Å². The number of pyridine rings is 1. The molecule has 0 saturated carbocycles. The van der Waals surface area contributed by atoms with E-state index in [0.717, 1.165) is 5.52 Å². The Hall–Kier alpha value is -2.35. The molecule has 0 fully saturated rings. The van der Waals surface area contributed by atoms with Crippen LogP contribution in [0.25, 0.3) is 32.7 Å². The van der Waals surface area contributed by atoms with Crippen molar-refractivity contribution in [1.29, 1.82) is 0 Å². The third-order valence-corrected chi connectivity index (χ3v) is 3.50. The molecule has 1 N–H and O–H groups in total.